The summed E-state index contributed by atoms with van der Waals surface area (Å²) >= 11 is 7.60. The molecule has 1 fully saturated rings. The first-order chi connectivity index (χ1) is 8.59. The normalized spacial score (nSPS) is 27.5. The Bertz CT molecular complexity index is 390. The molecule has 0 saturated heterocycles. The van der Waals surface area contributed by atoms with Crippen LogP contribution in [0.5, 0.6) is 0 Å². The zero-order valence-corrected chi connectivity index (χ0v) is 12.6. The van der Waals surface area contributed by atoms with Gasteiger partial charge in [0.05, 0.1) is 10.4 Å². The molecule has 0 unspecified atom stereocenters. The highest BCUT2D eigenvalue weighted by molar-refractivity contribution is 7.16. The van der Waals surface area contributed by atoms with Crippen LogP contribution in [0.25, 0.3) is 0 Å². The number of hydrogen-bond donors (Lipinski definition) is 1. The van der Waals surface area contributed by atoms with Crippen LogP contribution in [-0.2, 0) is 11.3 Å². The van der Waals surface area contributed by atoms with Crippen molar-refractivity contribution in [2.75, 3.05) is 20.2 Å². The minimum atomic E-state index is 0.107. The van der Waals surface area contributed by atoms with Crippen molar-refractivity contribution in [3.05, 3.63) is 21.3 Å². The maximum absolute atomic E-state index is 5.97. The molecule has 0 spiro atoms. The van der Waals surface area contributed by atoms with Crippen LogP contribution in [0.2, 0.25) is 4.34 Å². The Balaban J connectivity index is 1.93. The third kappa shape index (κ3) is 2.89. The Kier molecular flexibility index (Phi) is 4.67. The molecular weight excluding hydrogens is 268 g/mol. The predicted molar refractivity (Wildman–Crippen MR) is 77.2 cm³/mol. The average Bonchev–Trinajstić information content (AvgIpc) is 2.68. The summed E-state index contributed by atoms with van der Waals surface area (Å²) in [6, 6.07) is 4.04. The molecule has 5 heteroatoms. The SMILES string of the molecule is CCOC1CC(CN)(N(C)Cc2ccc(Cl)s2)C1. The van der Waals surface area contributed by atoms with Gasteiger partial charge in [-0.2, -0.15) is 0 Å². The van der Waals surface area contributed by atoms with Crippen molar-refractivity contribution in [2.24, 2.45) is 5.73 Å². The molecule has 2 rings (SSSR count). The third-order valence-electron chi connectivity index (χ3n) is 3.83. The largest absolute Gasteiger partial charge is 0.378 e. The molecule has 0 bridgehead atoms. The van der Waals surface area contributed by atoms with Crippen molar-refractivity contribution in [1.82, 2.24) is 4.90 Å². The first-order valence-corrected chi connectivity index (χ1v) is 7.56. The second kappa shape index (κ2) is 5.88. The van der Waals surface area contributed by atoms with E-state index in [1.165, 1.54) is 4.88 Å². The van der Waals surface area contributed by atoms with Gasteiger partial charge in [-0.05, 0) is 38.9 Å². The number of nitrogens with two attached hydrogens (primary N) is 1. The Morgan fingerprint density at radius 3 is 2.78 bits per heavy atom. The summed E-state index contributed by atoms with van der Waals surface area (Å²) in [7, 11) is 2.14. The van der Waals surface area contributed by atoms with Crippen LogP contribution < -0.4 is 5.73 Å². The van der Waals surface area contributed by atoms with Gasteiger partial charge in [-0.15, -0.1) is 11.3 Å². The molecule has 0 aliphatic heterocycles. The number of rotatable bonds is 6. The summed E-state index contributed by atoms with van der Waals surface area (Å²) in [5.41, 5.74) is 6.07. The summed E-state index contributed by atoms with van der Waals surface area (Å²) < 4.78 is 6.49. The standard InChI is InChI=1S/C13H21ClN2OS/c1-3-17-10-6-13(7-10,9-15)16(2)8-11-4-5-12(14)18-11/h4-5,10H,3,6-9,15H2,1-2H3. The molecule has 18 heavy (non-hydrogen) atoms. The van der Waals surface area contributed by atoms with E-state index in [9.17, 15) is 0 Å². The van der Waals surface area contributed by atoms with Crippen LogP contribution in [0.4, 0.5) is 0 Å². The first-order valence-electron chi connectivity index (χ1n) is 6.37. The molecule has 1 aromatic heterocycles. The summed E-state index contributed by atoms with van der Waals surface area (Å²) in [6.07, 6.45) is 2.45. The van der Waals surface area contributed by atoms with Gasteiger partial charge >= 0.3 is 0 Å². The molecule has 0 amide bonds. The average molecular weight is 289 g/mol. The number of likely N-dealkylation sites (N-methyl/N-ethyl adjacent to an activating group) is 1. The van der Waals surface area contributed by atoms with Crippen molar-refractivity contribution in [1.29, 1.82) is 0 Å². The van der Waals surface area contributed by atoms with Crippen molar-refractivity contribution >= 4 is 22.9 Å². The fourth-order valence-corrected chi connectivity index (χ4v) is 3.75. The zero-order chi connectivity index (χ0) is 13.2. The summed E-state index contributed by atoms with van der Waals surface area (Å²) in [4.78, 5) is 3.64. The van der Waals surface area contributed by atoms with E-state index in [0.717, 1.165) is 30.3 Å². The smallest absolute Gasteiger partial charge is 0.0931 e. The zero-order valence-electron chi connectivity index (χ0n) is 11.0. The van der Waals surface area contributed by atoms with Gasteiger partial charge in [-0.25, -0.2) is 0 Å². The lowest BCUT2D eigenvalue weighted by molar-refractivity contribution is -0.0945. The van der Waals surface area contributed by atoms with E-state index in [1.54, 1.807) is 11.3 Å². The summed E-state index contributed by atoms with van der Waals surface area (Å²) in [5.74, 6) is 0. The number of thiophene rings is 1. The predicted octanol–water partition coefficient (Wildman–Crippen LogP) is 2.73. The molecule has 1 heterocycles. The van der Waals surface area contributed by atoms with Crippen LogP contribution in [0.1, 0.15) is 24.6 Å². The van der Waals surface area contributed by atoms with Crippen LogP contribution >= 0.6 is 22.9 Å². The van der Waals surface area contributed by atoms with Gasteiger partial charge in [-0.3, -0.25) is 4.90 Å². The highest BCUT2D eigenvalue weighted by Crippen LogP contribution is 2.39. The Labute approximate surface area is 118 Å². The van der Waals surface area contributed by atoms with Gasteiger partial charge in [0.2, 0.25) is 0 Å². The molecule has 2 N–H and O–H groups in total. The minimum Gasteiger partial charge on any atom is -0.378 e. The van der Waals surface area contributed by atoms with E-state index in [4.69, 9.17) is 22.1 Å². The second-order valence-electron chi connectivity index (χ2n) is 4.98. The van der Waals surface area contributed by atoms with Gasteiger partial charge in [0.25, 0.3) is 0 Å². The number of nitrogens with zero attached hydrogens (tertiary/aromatic N) is 1. The maximum Gasteiger partial charge on any atom is 0.0931 e. The number of hydrogen-bond acceptors (Lipinski definition) is 4. The molecule has 0 radical (unpaired) electrons. The number of ether oxygens (including phenoxy) is 1. The van der Waals surface area contributed by atoms with E-state index < -0.39 is 0 Å². The Morgan fingerprint density at radius 1 is 1.56 bits per heavy atom. The van der Waals surface area contributed by atoms with Crippen LogP contribution in [0.3, 0.4) is 0 Å². The highest BCUT2D eigenvalue weighted by Gasteiger charge is 2.46. The molecular formula is C13H21ClN2OS. The molecule has 1 saturated carbocycles. The van der Waals surface area contributed by atoms with Gasteiger partial charge in [0.1, 0.15) is 0 Å². The topological polar surface area (TPSA) is 38.5 Å². The summed E-state index contributed by atoms with van der Waals surface area (Å²) in [5, 5.41) is 0. The first kappa shape index (κ1) is 14.3. The molecule has 0 aromatic carbocycles. The molecule has 102 valence electrons. The fraction of sp³-hybridized carbons (Fsp3) is 0.692. The quantitative estimate of drug-likeness (QED) is 0.875. The molecule has 1 aromatic rings. The minimum absolute atomic E-state index is 0.107. The molecule has 1 aliphatic rings. The van der Waals surface area contributed by atoms with E-state index in [2.05, 4.69) is 18.0 Å². The lowest BCUT2D eigenvalue weighted by atomic mass is 9.73. The van der Waals surface area contributed by atoms with E-state index in [-0.39, 0.29) is 5.54 Å². The van der Waals surface area contributed by atoms with E-state index in [0.29, 0.717) is 12.6 Å². The third-order valence-corrected chi connectivity index (χ3v) is 5.05. The van der Waals surface area contributed by atoms with Crippen molar-refractivity contribution < 1.29 is 4.74 Å². The van der Waals surface area contributed by atoms with E-state index >= 15 is 0 Å². The lowest BCUT2D eigenvalue weighted by Gasteiger charge is -2.52. The molecule has 3 nitrogen and oxygen atoms in total. The van der Waals surface area contributed by atoms with Crippen LogP contribution in [-0.4, -0.2) is 36.7 Å². The monoisotopic (exact) mass is 288 g/mol. The Hall–Kier alpha value is -0.130. The van der Waals surface area contributed by atoms with Crippen molar-refractivity contribution in [2.45, 2.75) is 38.0 Å². The Morgan fingerprint density at radius 2 is 2.28 bits per heavy atom. The van der Waals surface area contributed by atoms with Gasteiger partial charge in [0.15, 0.2) is 0 Å². The second-order valence-corrected chi connectivity index (χ2v) is 6.78. The van der Waals surface area contributed by atoms with Gasteiger partial charge in [-0.1, -0.05) is 11.6 Å². The van der Waals surface area contributed by atoms with E-state index in [1.807, 2.05) is 13.0 Å². The molecule has 0 atom stereocenters. The van der Waals surface area contributed by atoms with Crippen molar-refractivity contribution in [3.63, 3.8) is 0 Å². The number of halogens is 1. The van der Waals surface area contributed by atoms with Gasteiger partial charge < -0.3 is 10.5 Å². The summed E-state index contributed by atoms with van der Waals surface area (Å²) in [6.45, 7) is 4.43. The van der Waals surface area contributed by atoms with Crippen molar-refractivity contribution in [3.8, 4) is 0 Å². The maximum atomic E-state index is 5.97. The van der Waals surface area contributed by atoms with Crippen LogP contribution in [0, 0.1) is 0 Å². The highest BCUT2D eigenvalue weighted by atomic mass is 35.5. The lowest BCUT2D eigenvalue weighted by Crippen LogP contribution is -2.62. The van der Waals surface area contributed by atoms with Gasteiger partial charge in [0, 0.05) is 30.1 Å². The molecule has 1 aliphatic carbocycles. The van der Waals surface area contributed by atoms with Crippen LogP contribution in [0.15, 0.2) is 12.1 Å². The fourth-order valence-electron chi connectivity index (χ4n) is 2.61.